The van der Waals surface area contributed by atoms with Gasteiger partial charge in [0, 0.05) is 6.07 Å². The van der Waals surface area contributed by atoms with Gasteiger partial charge in [-0.05, 0) is 50.6 Å². The molecule has 0 aliphatic heterocycles. The third kappa shape index (κ3) is 3.83. The number of aliphatic hydroxyl groups is 1. The molecule has 1 aromatic heterocycles. The van der Waals surface area contributed by atoms with Gasteiger partial charge in [-0.1, -0.05) is 17.3 Å². The van der Waals surface area contributed by atoms with Crippen molar-refractivity contribution in [3.8, 4) is 17.2 Å². The lowest BCUT2D eigenvalue weighted by molar-refractivity contribution is 0.0785. The van der Waals surface area contributed by atoms with Crippen LogP contribution >= 0.6 is 0 Å². The topological polar surface area (TPSA) is 104 Å². The standard InChI is InChI=1S/C20H23N3O5S/c1-13-19(29(25,26)16-9-6-14(7-10-16)20(2,3)24)21-22-23(13)17-12-15(27-4)8-11-18(17)28-5/h6-12,24H,1-5H3. The Morgan fingerprint density at radius 3 is 2.24 bits per heavy atom. The second-order valence-electron chi connectivity index (χ2n) is 7.02. The summed E-state index contributed by atoms with van der Waals surface area (Å²) in [7, 11) is -0.854. The van der Waals surface area contributed by atoms with E-state index in [1.54, 1.807) is 51.1 Å². The van der Waals surface area contributed by atoms with Crippen LogP contribution in [0.4, 0.5) is 0 Å². The fourth-order valence-electron chi connectivity index (χ4n) is 2.91. The van der Waals surface area contributed by atoms with Crippen LogP contribution in [0.15, 0.2) is 52.4 Å². The largest absolute Gasteiger partial charge is 0.497 e. The molecule has 0 amide bonds. The van der Waals surface area contributed by atoms with Gasteiger partial charge in [-0.25, -0.2) is 13.1 Å². The Morgan fingerprint density at radius 1 is 1.03 bits per heavy atom. The fourth-order valence-corrected chi connectivity index (χ4v) is 4.25. The van der Waals surface area contributed by atoms with Crippen molar-refractivity contribution in [2.45, 2.75) is 36.3 Å². The van der Waals surface area contributed by atoms with Crippen LogP contribution in [0, 0.1) is 6.92 Å². The zero-order chi connectivity index (χ0) is 21.4. The quantitative estimate of drug-likeness (QED) is 0.657. The van der Waals surface area contributed by atoms with Crippen LogP contribution in [-0.2, 0) is 15.4 Å². The molecule has 0 unspecified atom stereocenters. The average Bonchev–Trinajstić information content (AvgIpc) is 3.08. The van der Waals surface area contributed by atoms with Gasteiger partial charge in [0.05, 0.1) is 30.4 Å². The van der Waals surface area contributed by atoms with Crippen LogP contribution in [0.1, 0.15) is 25.1 Å². The lowest BCUT2D eigenvalue weighted by atomic mass is 9.99. The number of methoxy groups -OCH3 is 2. The zero-order valence-corrected chi connectivity index (χ0v) is 17.7. The van der Waals surface area contributed by atoms with Gasteiger partial charge >= 0.3 is 0 Å². The van der Waals surface area contributed by atoms with Crippen molar-refractivity contribution in [1.29, 1.82) is 0 Å². The molecule has 2 aromatic carbocycles. The molecule has 1 heterocycles. The third-order valence-corrected chi connectivity index (χ3v) is 6.37. The molecular formula is C20H23N3O5S. The van der Waals surface area contributed by atoms with E-state index in [0.29, 0.717) is 28.4 Å². The van der Waals surface area contributed by atoms with E-state index in [-0.39, 0.29) is 9.92 Å². The minimum Gasteiger partial charge on any atom is -0.497 e. The van der Waals surface area contributed by atoms with Gasteiger partial charge in [0.25, 0.3) is 0 Å². The summed E-state index contributed by atoms with van der Waals surface area (Å²) in [5.74, 6) is 1.07. The Labute approximate surface area is 169 Å². The number of benzene rings is 2. The molecule has 0 radical (unpaired) electrons. The summed E-state index contributed by atoms with van der Waals surface area (Å²) in [5, 5.41) is 17.9. The molecule has 154 valence electrons. The highest BCUT2D eigenvalue weighted by Gasteiger charge is 2.27. The van der Waals surface area contributed by atoms with Gasteiger partial charge in [0.15, 0.2) is 0 Å². The van der Waals surface area contributed by atoms with Gasteiger partial charge in [0.1, 0.15) is 17.2 Å². The van der Waals surface area contributed by atoms with Crippen molar-refractivity contribution < 1.29 is 23.0 Å². The van der Waals surface area contributed by atoms with Crippen molar-refractivity contribution in [1.82, 2.24) is 15.0 Å². The normalized spacial score (nSPS) is 12.1. The monoisotopic (exact) mass is 417 g/mol. The lowest BCUT2D eigenvalue weighted by Gasteiger charge is -2.17. The van der Waals surface area contributed by atoms with Crippen LogP contribution in [0.5, 0.6) is 11.5 Å². The fraction of sp³-hybridized carbons (Fsp3) is 0.300. The van der Waals surface area contributed by atoms with Crippen LogP contribution < -0.4 is 9.47 Å². The summed E-state index contributed by atoms with van der Waals surface area (Å²) < 4.78 is 38.2. The first-order valence-electron chi connectivity index (χ1n) is 8.82. The maximum absolute atomic E-state index is 13.1. The summed E-state index contributed by atoms with van der Waals surface area (Å²) in [6.45, 7) is 4.89. The molecule has 0 fully saturated rings. The summed E-state index contributed by atoms with van der Waals surface area (Å²) in [5.41, 5.74) is 0.390. The van der Waals surface area contributed by atoms with E-state index in [1.165, 1.54) is 31.0 Å². The van der Waals surface area contributed by atoms with E-state index in [0.717, 1.165) is 0 Å². The van der Waals surface area contributed by atoms with Crippen LogP contribution in [0.3, 0.4) is 0 Å². The minimum atomic E-state index is -3.90. The number of aromatic nitrogens is 3. The van der Waals surface area contributed by atoms with Crippen molar-refractivity contribution in [3.63, 3.8) is 0 Å². The summed E-state index contributed by atoms with van der Waals surface area (Å²) in [6, 6.07) is 11.2. The van der Waals surface area contributed by atoms with E-state index in [9.17, 15) is 13.5 Å². The van der Waals surface area contributed by atoms with Crippen LogP contribution in [-0.4, -0.2) is 42.7 Å². The molecule has 0 bridgehead atoms. The van der Waals surface area contributed by atoms with E-state index < -0.39 is 15.4 Å². The van der Waals surface area contributed by atoms with Crippen molar-refractivity contribution in [2.24, 2.45) is 0 Å². The SMILES string of the molecule is COc1ccc(OC)c(-n2nnc(S(=O)(=O)c3ccc(C(C)(C)O)cc3)c2C)c1. The second-order valence-corrected chi connectivity index (χ2v) is 8.88. The van der Waals surface area contributed by atoms with Gasteiger partial charge in [-0.2, -0.15) is 0 Å². The second kappa shape index (κ2) is 7.49. The van der Waals surface area contributed by atoms with Crippen LogP contribution in [0.25, 0.3) is 5.69 Å². The first kappa shape index (κ1) is 20.8. The van der Waals surface area contributed by atoms with Gasteiger partial charge in [-0.15, -0.1) is 5.10 Å². The maximum Gasteiger partial charge on any atom is 0.227 e. The van der Waals surface area contributed by atoms with Gasteiger partial charge < -0.3 is 14.6 Å². The Bertz CT molecular complexity index is 1130. The molecule has 0 aliphatic rings. The smallest absolute Gasteiger partial charge is 0.227 e. The first-order valence-corrected chi connectivity index (χ1v) is 10.3. The lowest BCUT2D eigenvalue weighted by Crippen LogP contribution is -2.15. The Hall–Kier alpha value is -2.91. The molecule has 0 saturated heterocycles. The molecule has 0 aliphatic carbocycles. The Kier molecular flexibility index (Phi) is 5.38. The molecule has 1 N–H and O–H groups in total. The molecule has 0 saturated carbocycles. The molecular weight excluding hydrogens is 394 g/mol. The summed E-state index contributed by atoms with van der Waals surface area (Å²) in [6.07, 6.45) is 0. The predicted octanol–water partition coefficient (Wildman–Crippen LogP) is 2.65. The van der Waals surface area contributed by atoms with E-state index >= 15 is 0 Å². The number of ether oxygens (including phenoxy) is 2. The van der Waals surface area contributed by atoms with Gasteiger partial charge in [0.2, 0.25) is 14.9 Å². The van der Waals surface area contributed by atoms with Crippen molar-refractivity contribution in [3.05, 3.63) is 53.7 Å². The van der Waals surface area contributed by atoms with Crippen molar-refractivity contribution >= 4 is 9.84 Å². The number of nitrogens with zero attached hydrogens (tertiary/aromatic N) is 3. The molecule has 29 heavy (non-hydrogen) atoms. The van der Waals surface area contributed by atoms with E-state index in [1.807, 2.05) is 0 Å². The minimum absolute atomic E-state index is 0.0678. The van der Waals surface area contributed by atoms with Gasteiger partial charge in [-0.3, -0.25) is 0 Å². The van der Waals surface area contributed by atoms with E-state index in [2.05, 4.69) is 10.3 Å². The molecule has 0 atom stereocenters. The molecule has 0 spiro atoms. The number of sulfone groups is 1. The predicted molar refractivity (Wildman–Crippen MR) is 106 cm³/mol. The van der Waals surface area contributed by atoms with E-state index in [4.69, 9.17) is 9.47 Å². The number of hydrogen-bond donors (Lipinski definition) is 1. The zero-order valence-electron chi connectivity index (χ0n) is 16.9. The summed E-state index contributed by atoms with van der Waals surface area (Å²) >= 11 is 0. The Morgan fingerprint density at radius 2 is 1.69 bits per heavy atom. The first-order chi connectivity index (χ1) is 13.6. The number of hydrogen-bond acceptors (Lipinski definition) is 7. The molecule has 3 rings (SSSR count). The summed E-state index contributed by atoms with van der Waals surface area (Å²) in [4.78, 5) is 0.0678. The average molecular weight is 417 g/mol. The Balaban J connectivity index is 2.07. The number of rotatable bonds is 6. The molecule has 9 heteroatoms. The van der Waals surface area contributed by atoms with Crippen LogP contribution in [0.2, 0.25) is 0 Å². The molecule has 3 aromatic rings. The third-order valence-electron chi connectivity index (χ3n) is 4.59. The van der Waals surface area contributed by atoms with Crippen molar-refractivity contribution in [2.75, 3.05) is 14.2 Å². The maximum atomic E-state index is 13.1. The highest BCUT2D eigenvalue weighted by Crippen LogP contribution is 2.31. The highest BCUT2D eigenvalue weighted by atomic mass is 32.2. The highest BCUT2D eigenvalue weighted by molar-refractivity contribution is 7.91. The molecule has 8 nitrogen and oxygen atoms in total.